The Hall–Kier alpha value is -3.64. The van der Waals surface area contributed by atoms with Crippen molar-refractivity contribution in [2.75, 3.05) is 5.32 Å². The first-order chi connectivity index (χ1) is 20.5. The first-order valence-electron chi connectivity index (χ1n) is 13.3. The molecule has 0 bridgehead atoms. The molecule has 0 fully saturated rings. The molecule has 5 rings (SSSR count). The Bertz CT molecular complexity index is 1640. The summed E-state index contributed by atoms with van der Waals surface area (Å²) in [4.78, 5) is 12.2. The summed E-state index contributed by atoms with van der Waals surface area (Å²) in [5.74, 6) is -1.33. The minimum atomic E-state index is -5.10. The first-order valence-corrected chi connectivity index (χ1v) is 18.2. The van der Waals surface area contributed by atoms with Crippen molar-refractivity contribution in [1.82, 2.24) is 0 Å². The summed E-state index contributed by atoms with van der Waals surface area (Å²) in [5.41, 5.74) is 1.39. The van der Waals surface area contributed by atoms with Crippen LogP contribution < -0.4 is 26.0 Å². The number of carbonyl (C=O) groups excluding carboxylic acids is 1. The van der Waals surface area contributed by atoms with E-state index in [4.69, 9.17) is 16.3 Å². The van der Waals surface area contributed by atoms with Gasteiger partial charge < -0.3 is 0 Å². The van der Waals surface area contributed by atoms with Gasteiger partial charge in [0.05, 0.1) is 0 Å². The third kappa shape index (κ3) is 6.21. The van der Waals surface area contributed by atoms with Gasteiger partial charge in [-0.25, -0.2) is 0 Å². The average molecular weight is 685 g/mol. The third-order valence-electron chi connectivity index (χ3n) is 7.26. The van der Waals surface area contributed by atoms with Crippen molar-refractivity contribution in [2.45, 2.75) is 19.3 Å². The van der Waals surface area contributed by atoms with Crippen LogP contribution in [0.4, 0.5) is 18.9 Å². The SMILES string of the molecule is Cc1ccc(Oc2cc(CP(Br)(c3ccccc3)(c3ccccc3)c3ccccc3)c(NC(=O)C(F)(F)F)cc2Cl)cc1. The van der Waals surface area contributed by atoms with Crippen LogP contribution in [-0.2, 0) is 11.0 Å². The van der Waals surface area contributed by atoms with E-state index in [1.54, 1.807) is 18.2 Å². The van der Waals surface area contributed by atoms with Crippen LogP contribution in [0.25, 0.3) is 0 Å². The summed E-state index contributed by atoms with van der Waals surface area (Å²) in [6.45, 7) is 1.95. The van der Waals surface area contributed by atoms with Gasteiger partial charge in [-0.05, 0) is 0 Å². The second kappa shape index (κ2) is 12.2. The minimum absolute atomic E-state index is 0.0517. The molecule has 9 heteroatoms. The number of aryl methyl sites for hydroxylation is 1. The van der Waals surface area contributed by atoms with Crippen molar-refractivity contribution >= 4 is 59.9 Å². The Balaban J connectivity index is 1.78. The number of rotatable bonds is 8. The summed E-state index contributed by atoms with van der Waals surface area (Å²) in [6, 6.07) is 39.7. The van der Waals surface area contributed by atoms with Crippen molar-refractivity contribution in [3.8, 4) is 11.5 Å². The number of carbonyl (C=O) groups is 1. The number of anilines is 1. The van der Waals surface area contributed by atoms with Gasteiger partial charge in [0.1, 0.15) is 0 Å². The van der Waals surface area contributed by atoms with Gasteiger partial charge in [-0.1, -0.05) is 0 Å². The van der Waals surface area contributed by atoms with Gasteiger partial charge in [0.2, 0.25) is 0 Å². The monoisotopic (exact) mass is 683 g/mol. The van der Waals surface area contributed by atoms with E-state index >= 15 is 0 Å². The van der Waals surface area contributed by atoms with Gasteiger partial charge in [0.25, 0.3) is 0 Å². The van der Waals surface area contributed by atoms with Gasteiger partial charge in [0, 0.05) is 0 Å². The van der Waals surface area contributed by atoms with Crippen molar-refractivity contribution in [3.63, 3.8) is 0 Å². The molecule has 0 aliphatic heterocycles. The number of hydrogen-bond donors (Lipinski definition) is 1. The molecule has 1 amide bonds. The Morgan fingerprint density at radius 2 is 1.26 bits per heavy atom. The van der Waals surface area contributed by atoms with Crippen LogP contribution in [0.15, 0.2) is 127 Å². The van der Waals surface area contributed by atoms with Crippen LogP contribution in [0.3, 0.4) is 0 Å². The van der Waals surface area contributed by atoms with Gasteiger partial charge in [-0.3, -0.25) is 0 Å². The van der Waals surface area contributed by atoms with Crippen molar-refractivity contribution in [2.24, 2.45) is 0 Å². The van der Waals surface area contributed by atoms with Gasteiger partial charge in [-0.2, -0.15) is 0 Å². The molecule has 43 heavy (non-hydrogen) atoms. The molecular formula is C34H27BrClF3NO2P. The molecule has 0 heterocycles. The average Bonchev–Trinajstić information content (AvgIpc) is 3.01. The van der Waals surface area contributed by atoms with E-state index in [1.807, 2.05) is 110 Å². The van der Waals surface area contributed by atoms with E-state index < -0.39 is 17.4 Å². The molecule has 0 spiro atoms. The fraction of sp³-hybridized carbons (Fsp3) is 0.0882. The predicted molar refractivity (Wildman–Crippen MR) is 175 cm³/mol. The van der Waals surface area contributed by atoms with Gasteiger partial charge in [0.15, 0.2) is 0 Å². The van der Waals surface area contributed by atoms with E-state index in [0.29, 0.717) is 11.3 Å². The molecule has 0 aromatic heterocycles. The summed E-state index contributed by atoms with van der Waals surface area (Å²) in [5, 5.41) is 1.31. The molecule has 0 saturated heterocycles. The second-order valence-electron chi connectivity index (χ2n) is 10.2. The number of halogens is 5. The maximum atomic E-state index is 13.5. The molecule has 5 aromatic rings. The number of amides is 1. The molecule has 3 nitrogen and oxygen atoms in total. The van der Waals surface area contributed by atoms with E-state index in [9.17, 15) is 18.0 Å². The molecule has 0 aliphatic carbocycles. The normalized spacial score (nSPS) is 12.7. The van der Waals surface area contributed by atoms with E-state index in [2.05, 4.69) is 20.8 Å². The van der Waals surface area contributed by atoms with Gasteiger partial charge >= 0.3 is 262 Å². The van der Waals surface area contributed by atoms with Crippen LogP contribution in [0.2, 0.25) is 5.02 Å². The third-order valence-corrected chi connectivity index (χ3v) is 17.1. The van der Waals surface area contributed by atoms with Crippen molar-refractivity contribution in [3.05, 3.63) is 144 Å². The van der Waals surface area contributed by atoms with Crippen molar-refractivity contribution in [1.29, 1.82) is 0 Å². The number of nitrogens with one attached hydrogen (secondary N) is 1. The number of ether oxygens (including phenoxy) is 1. The molecule has 0 atom stereocenters. The molecule has 0 saturated carbocycles. The van der Waals surface area contributed by atoms with Crippen LogP contribution >= 0.6 is 32.4 Å². The molecule has 5 aromatic carbocycles. The molecular weight excluding hydrogens is 658 g/mol. The van der Waals surface area contributed by atoms with E-state index in [0.717, 1.165) is 21.5 Å². The zero-order valence-corrected chi connectivity index (χ0v) is 26.2. The standard InChI is InChI=1S/C34H27BrClF3NO2P/c1-24-17-19-26(20-18-24)42-32-21-25(31(22-30(32)36)40-33(41)34(37,38)39)23-43(35,27-11-5-2-6-12-27,28-13-7-3-8-14-28)29-15-9-4-10-16-29/h2-22H,23H2,1H3,(H,40,41). The maximum absolute atomic E-state index is 13.5. The summed E-state index contributed by atoms with van der Waals surface area (Å²) >= 11 is 10.9. The van der Waals surface area contributed by atoms with Crippen molar-refractivity contribution < 1.29 is 22.7 Å². The van der Waals surface area contributed by atoms with Crippen LogP contribution in [0.1, 0.15) is 11.1 Å². The number of alkyl halides is 3. The number of benzene rings is 5. The summed E-state index contributed by atoms with van der Waals surface area (Å²) < 4.78 is 46.6. The van der Waals surface area contributed by atoms with E-state index in [-0.39, 0.29) is 22.6 Å². The Labute approximate surface area is 261 Å². The fourth-order valence-corrected chi connectivity index (χ4v) is 13.0. The summed E-state index contributed by atoms with van der Waals surface area (Å²) in [7, 11) is 0. The molecule has 220 valence electrons. The van der Waals surface area contributed by atoms with Gasteiger partial charge in [-0.15, -0.1) is 0 Å². The topological polar surface area (TPSA) is 38.3 Å². The quantitative estimate of drug-likeness (QED) is 0.166. The van der Waals surface area contributed by atoms with Crippen LogP contribution in [-0.4, -0.2) is 12.1 Å². The second-order valence-corrected chi connectivity index (χ2v) is 19.5. The Morgan fingerprint density at radius 3 is 1.70 bits per heavy atom. The Morgan fingerprint density at radius 1 is 0.791 bits per heavy atom. The molecule has 0 radical (unpaired) electrons. The number of hydrogen-bond acceptors (Lipinski definition) is 2. The molecule has 0 unspecified atom stereocenters. The van der Waals surface area contributed by atoms with E-state index in [1.165, 1.54) is 6.07 Å². The predicted octanol–water partition coefficient (Wildman–Crippen LogP) is 9.28. The zero-order chi connectivity index (χ0) is 30.7. The fourth-order valence-electron chi connectivity index (χ4n) is 5.10. The molecule has 1 N–H and O–H groups in total. The zero-order valence-electron chi connectivity index (χ0n) is 23.0. The first kappa shape index (κ1) is 30.8. The van der Waals surface area contributed by atoms with Crippen LogP contribution in [0.5, 0.6) is 11.5 Å². The van der Waals surface area contributed by atoms with Crippen LogP contribution in [0, 0.1) is 6.92 Å². The Kier molecular flexibility index (Phi) is 8.71. The molecule has 0 aliphatic rings. The summed E-state index contributed by atoms with van der Waals surface area (Å²) in [6.07, 6.45) is -4.91.